The van der Waals surface area contributed by atoms with Crippen LogP contribution < -0.4 is 5.32 Å². The molecule has 3 aliphatic heterocycles. The monoisotopic (exact) mass is 181 g/mol. The van der Waals surface area contributed by atoms with Crippen LogP contribution in [0.15, 0.2) is 0 Å². The highest BCUT2D eigenvalue weighted by Gasteiger charge is 2.65. The second kappa shape index (κ2) is 1.95. The summed E-state index contributed by atoms with van der Waals surface area (Å²) in [6, 6.07) is 0. The van der Waals surface area contributed by atoms with Gasteiger partial charge in [-0.1, -0.05) is 0 Å². The van der Waals surface area contributed by atoms with Crippen LogP contribution in [0.2, 0.25) is 0 Å². The number of amides is 2. The van der Waals surface area contributed by atoms with E-state index >= 15 is 0 Å². The molecule has 2 bridgehead atoms. The van der Waals surface area contributed by atoms with Crippen molar-refractivity contribution < 1.29 is 14.3 Å². The Kier molecular flexibility index (Phi) is 1.12. The van der Waals surface area contributed by atoms with E-state index in [1.54, 1.807) is 0 Å². The summed E-state index contributed by atoms with van der Waals surface area (Å²) < 4.78 is 5.69. The minimum atomic E-state index is -0.369. The molecule has 0 spiro atoms. The van der Waals surface area contributed by atoms with Gasteiger partial charge in [0.1, 0.15) is 0 Å². The van der Waals surface area contributed by atoms with Crippen LogP contribution in [-0.2, 0) is 14.3 Å². The topological polar surface area (TPSA) is 55.4 Å². The van der Waals surface area contributed by atoms with Crippen molar-refractivity contribution in [3.05, 3.63) is 0 Å². The van der Waals surface area contributed by atoms with E-state index in [4.69, 9.17) is 4.74 Å². The van der Waals surface area contributed by atoms with Gasteiger partial charge >= 0.3 is 0 Å². The zero-order chi connectivity index (χ0) is 9.22. The Bertz CT molecular complexity index is 314. The van der Waals surface area contributed by atoms with Gasteiger partial charge in [-0.2, -0.15) is 0 Å². The number of nitrogens with one attached hydrogen (secondary N) is 1. The summed E-state index contributed by atoms with van der Waals surface area (Å²) in [6.07, 6.45) is 1.80. The summed E-state index contributed by atoms with van der Waals surface area (Å²) in [7, 11) is 0. The van der Waals surface area contributed by atoms with E-state index in [1.807, 2.05) is 6.92 Å². The lowest BCUT2D eigenvalue weighted by atomic mass is 9.74. The average molecular weight is 181 g/mol. The third kappa shape index (κ3) is 0.705. The Hall–Kier alpha value is -0.900. The van der Waals surface area contributed by atoms with Crippen LogP contribution in [-0.4, -0.2) is 23.5 Å². The van der Waals surface area contributed by atoms with Gasteiger partial charge in [-0.3, -0.25) is 14.9 Å². The highest BCUT2D eigenvalue weighted by Crippen LogP contribution is 2.52. The van der Waals surface area contributed by atoms with Crippen molar-refractivity contribution in [2.45, 2.75) is 31.5 Å². The molecule has 0 aliphatic carbocycles. The minimum absolute atomic E-state index is 0.0125. The Morgan fingerprint density at radius 2 is 2.23 bits per heavy atom. The summed E-state index contributed by atoms with van der Waals surface area (Å²) in [6.45, 7) is 1.94. The van der Waals surface area contributed by atoms with Gasteiger partial charge in [0.2, 0.25) is 11.8 Å². The van der Waals surface area contributed by atoms with Gasteiger partial charge in [-0.25, -0.2) is 0 Å². The number of carbonyl (C=O) groups excluding carboxylic acids is 2. The maximum Gasteiger partial charge on any atom is 0.233 e. The molecule has 4 nitrogen and oxygen atoms in total. The largest absolute Gasteiger partial charge is 0.370 e. The van der Waals surface area contributed by atoms with E-state index in [0.29, 0.717) is 0 Å². The molecule has 3 saturated heterocycles. The van der Waals surface area contributed by atoms with Crippen molar-refractivity contribution >= 4 is 11.8 Å². The SMILES string of the molecule is C[C@]12CC[C@@H](O1)[C@H]1C(=O)NC(=O)[C@@H]12. The average Bonchev–Trinajstić information content (AvgIpc) is 2.62. The lowest BCUT2D eigenvalue weighted by Crippen LogP contribution is -2.38. The minimum Gasteiger partial charge on any atom is -0.370 e. The van der Waals surface area contributed by atoms with Gasteiger partial charge < -0.3 is 4.74 Å². The number of hydrogen-bond donors (Lipinski definition) is 1. The van der Waals surface area contributed by atoms with Crippen LogP contribution in [0.4, 0.5) is 0 Å². The maximum atomic E-state index is 11.4. The third-order valence-corrected chi connectivity index (χ3v) is 3.60. The van der Waals surface area contributed by atoms with Gasteiger partial charge in [0.25, 0.3) is 0 Å². The van der Waals surface area contributed by atoms with E-state index in [1.165, 1.54) is 0 Å². The molecule has 0 unspecified atom stereocenters. The second-order valence-corrected chi connectivity index (χ2v) is 4.36. The summed E-state index contributed by atoms with van der Waals surface area (Å²) in [5.41, 5.74) is -0.369. The molecule has 3 fully saturated rings. The van der Waals surface area contributed by atoms with Gasteiger partial charge in [-0.05, 0) is 19.8 Å². The van der Waals surface area contributed by atoms with E-state index < -0.39 is 0 Å². The van der Waals surface area contributed by atoms with Gasteiger partial charge in [0.15, 0.2) is 0 Å². The van der Waals surface area contributed by atoms with Gasteiger partial charge in [-0.15, -0.1) is 0 Å². The predicted molar refractivity (Wildman–Crippen MR) is 42.6 cm³/mol. The molecule has 3 aliphatic rings. The van der Waals surface area contributed by atoms with Crippen LogP contribution in [0.3, 0.4) is 0 Å². The highest BCUT2D eigenvalue weighted by molar-refractivity contribution is 6.06. The van der Waals surface area contributed by atoms with E-state index in [-0.39, 0.29) is 35.4 Å². The standard InChI is InChI=1S/C9H11NO3/c1-9-3-2-4(13-9)5-6(9)8(12)10-7(5)11/h4-6H,2-3H2,1H3,(H,10,11,12)/t4-,5-,6-,9-/m1/s1. The van der Waals surface area contributed by atoms with Crippen molar-refractivity contribution in [1.82, 2.24) is 5.32 Å². The quantitative estimate of drug-likeness (QED) is 0.528. The molecule has 0 radical (unpaired) electrons. The summed E-state index contributed by atoms with van der Waals surface area (Å²) in [4.78, 5) is 22.8. The van der Waals surface area contributed by atoms with Crippen molar-refractivity contribution in [3.63, 3.8) is 0 Å². The van der Waals surface area contributed by atoms with Gasteiger partial charge in [0.05, 0.1) is 23.5 Å². The normalized spacial score (nSPS) is 52.5. The van der Waals surface area contributed by atoms with Crippen LogP contribution in [0.5, 0.6) is 0 Å². The number of ether oxygens (including phenoxy) is 1. The van der Waals surface area contributed by atoms with Crippen molar-refractivity contribution in [3.8, 4) is 0 Å². The molecule has 0 aromatic carbocycles. The second-order valence-electron chi connectivity index (χ2n) is 4.36. The van der Waals surface area contributed by atoms with Crippen LogP contribution in [0.25, 0.3) is 0 Å². The first-order valence-electron chi connectivity index (χ1n) is 4.64. The first-order chi connectivity index (χ1) is 6.12. The maximum absolute atomic E-state index is 11.4. The fraction of sp³-hybridized carbons (Fsp3) is 0.778. The predicted octanol–water partition coefficient (Wildman–Crippen LogP) is -0.174. The molecular weight excluding hydrogens is 170 g/mol. The molecule has 3 heterocycles. The fourth-order valence-electron chi connectivity index (χ4n) is 3.01. The fourth-order valence-corrected chi connectivity index (χ4v) is 3.01. The first-order valence-corrected chi connectivity index (χ1v) is 4.64. The summed E-state index contributed by atoms with van der Waals surface area (Å²) in [5.74, 6) is -0.701. The Morgan fingerprint density at radius 3 is 2.92 bits per heavy atom. The lowest BCUT2D eigenvalue weighted by Gasteiger charge is -2.25. The van der Waals surface area contributed by atoms with E-state index in [2.05, 4.69) is 5.32 Å². The van der Waals surface area contributed by atoms with E-state index in [0.717, 1.165) is 12.8 Å². The molecule has 0 saturated carbocycles. The molecule has 4 heteroatoms. The Labute approximate surface area is 75.6 Å². The number of carbonyl (C=O) groups is 2. The van der Waals surface area contributed by atoms with Crippen LogP contribution in [0, 0.1) is 11.8 Å². The van der Waals surface area contributed by atoms with Gasteiger partial charge in [0, 0.05) is 0 Å². The van der Waals surface area contributed by atoms with Crippen molar-refractivity contribution in [1.29, 1.82) is 0 Å². The lowest BCUT2D eigenvalue weighted by molar-refractivity contribution is -0.130. The zero-order valence-corrected chi connectivity index (χ0v) is 7.37. The van der Waals surface area contributed by atoms with Crippen molar-refractivity contribution in [2.24, 2.45) is 11.8 Å². The smallest absolute Gasteiger partial charge is 0.233 e. The molecule has 0 aromatic heterocycles. The summed E-state index contributed by atoms with van der Waals surface area (Å²) >= 11 is 0. The van der Waals surface area contributed by atoms with Crippen molar-refractivity contribution in [2.75, 3.05) is 0 Å². The Balaban J connectivity index is 2.08. The number of rotatable bonds is 0. The molecule has 1 N–H and O–H groups in total. The molecule has 3 rings (SSSR count). The molecule has 13 heavy (non-hydrogen) atoms. The highest BCUT2D eigenvalue weighted by atomic mass is 16.5. The number of hydrogen-bond acceptors (Lipinski definition) is 3. The molecule has 4 atom stereocenters. The molecule has 70 valence electrons. The van der Waals surface area contributed by atoms with Crippen LogP contribution in [0.1, 0.15) is 19.8 Å². The van der Waals surface area contributed by atoms with Crippen LogP contribution >= 0.6 is 0 Å². The number of fused-ring (bicyclic) bond motifs is 5. The molecule has 2 amide bonds. The molecular formula is C9H11NO3. The molecule has 0 aromatic rings. The van der Waals surface area contributed by atoms with E-state index in [9.17, 15) is 9.59 Å². The number of imide groups is 1. The zero-order valence-electron chi connectivity index (χ0n) is 7.37. The Morgan fingerprint density at radius 1 is 1.46 bits per heavy atom. The first kappa shape index (κ1) is 7.50. The summed E-state index contributed by atoms with van der Waals surface area (Å²) in [5, 5.41) is 2.39. The third-order valence-electron chi connectivity index (χ3n) is 3.60.